The van der Waals surface area contributed by atoms with Gasteiger partial charge in [0.1, 0.15) is 5.75 Å². The van der Waals surface area contributed by atoms with E-state index in [1.807, 2.05) is 0 Å². The smallest absolute Gasteiger partial charge is 0.344 e. The molecule has 6 nitrogen and oxygen atoms in total. The summed E-state index contributed by atoms with van der Waals surface area (Å²) in [5.74, 6) is -1.37. The molecule has 0 radical (unpaired) electrons. The van der Waals surface area contributed by atoms with Crippen molar-refractivity contribution in [1.82, 2.24) is 4.90 Å². The van der Waals surface area contributed by atoms with Crippen LogP contribution in [0, 0.1) is 0 Å². The highest BCUT2D eigenvalue weighted by atomic mass is 16.4. The molecule has 1 saturated heterocycles. The van der Waals surface area contributed by atoms with Crippen molar-refractivity contribution in [2.24, 2.45) is 5.73 Å². The highest BCUT2D eigenvalue weighted by Gasteiger charge is 2.46. The first-order chi connectivity index (χ1) is 8.93. The third kappa shape index (κ3) is 2.53. The van der Waals surface area contributed by atoms with Crippen LogP contribution in [0.5, 0.6) is 5.75 Å². The Morgan fingerprint density at radius 3 is 2.53 bits per heavy atom. The van der Waals surface area contributed by atoms with E-state index in [-0.39, 0.29) is 24.5 Å². The van der Waals surface area contributed by atoms with Crippen molar-refractivity contribution >= 4 is 11.9 Å². The quantitative estimate of drug-likeness (QED) is 0.728. The van der Waals surface area contributed by atoms with Gasteiger partial charge in [-0.05, 0) is 30.5 Å². The summed E-state index contributed by atoms with van der Waals surface area (Å²) in [4.78, 5) is 24.5. The first kappa shape index (κ1) is 13.4. The number of carbonyl (C=O) groups excluding carboxylic acids is 1. The van der Waals surface area contributed by atoms with Gasteiger partial charge in [-0.3, -0.25) is 10.5 Å². The van der Waals surface area contributed by atoms with Gasteiger partial charge < -0.3 is 15.1 Å². The molecular formula is C13H16N2O4. The lowest BCUT2D eigenvalue weighted by Gasteiger charge is -2.30. The Balaban J connectivity index is 2.11. The number of carboxylic acid groups (broad SMARTS) is 1. The molecule has 1 aliphatic rings. The molecule has 1 heterocycles. The summed E-state index contributed by atoms with van der Waals surface area (Å²) in [6, 6.07) is 6.23. The van der Waals surface area contributed by atoms with Crippen LogP contribution in [0.25, 0.3) is 0 Å². The van der Waals surface area contributed by atoms with E-state index in [4.69, 9.17) is 15.9 Å². The number of aromatic hydroxyl groups is 1. The Hall–Kier alpha value is -2.08. The summed E-state index contributed by atoms with van der Waals surface area (Å²) >= 11 is 0. The summed E-state index contributed by atoms with van der Waals surface area (Å²) < 4.78 is 0. The van der Waals surface area contributed by atoms with Gasteiger partial charge in [-0.2, -0.15) is 0 Å². The average Bonchev–Trinajstić information content (AvgIpc) is 2.76. The first-order valence-electron chi connectivity index (χ1n) is 6.04. The molecule has 0 bridgehead atoms. The monoisotopic (exact) mass is 264 g/mol. The Bertz CT molecular complexity index is 500. The second-order valence-electron chi connectivity index (χ2n) is 4.72. The number of nitrogens with zero attached hydrogens (tertiary/aromatic N) is 1. The molecule has 0 spiro atoms. The highest BCUT2D eigenvalue weighted by Crippen LogP contribution is 2.25. The SMILES string of the molecule is NC1(C(=O)O)CCCN1C(=O)Cc1ccc(O)cc1. The predicted octanol–water partition coefficient (Wildman–Crippen LogP) is 0.297. The van der Waals surface area contributed by atoms with Crippen LogP contribution in [-0.2, 0) is 16.0 Å². The molecular weight excluding hydrogens is 248 g/mol. The largest absolute Gasteiger partial charge is 0.508 e. The van der Waals surface area contributed by atoms with Gasteiger partial charge >= 0.3 is 5.97 Å². The molecule has 1 aliphatic heterocycles. The van der Waals surface area contributed by atoms with Crippen LogP contribution < -0.4 is 5.73 Å². The minimum absolute atomic E-state index is 0.0759. The van der Waals surface area contributed by atoms with Gasteiger partial charge in [-0.25, -0.2) is 4.79 Å². The van der Waals surface area contributed by atoms with Gasteiger partial charge in [0.15, 0.2) is 5.66 Å². The van der Waals surface area contributed by atoms with Crippen molar-refractivity contribution in [2.45, 2.75) is 24.9 Å². The number of amides is 1. The molecule has 1 aromatic rings. The van der Waals surface area contributed by atoms with Crippen LogP contribution in [0.1, 0.15) is 18.4 Å². The number of benzene rings is 1. The molecule has 0 aromatic heterocycles. The van der Waals surface area contributed by atoms with E-state index >= 15 is 0 Å². The summed E-state index contributed by atoms with van der Waals surface area (Å²) in [5.41, 5.74) is 4.91. The van der Waals surface area contributed by atoms with Gasteiger partial charge in [0.25, 0.3) is 0 Å². The fourth-order valence-electron chi connectivity index (χ4n) is 2.29. The summed E-state index contributed by atoms with van der Waals surface area (Å²) in [6.45, 7) is 0.361. The van der Waals surface area contributed by atoms with E-state index in [1.165, 1.54) is 17.0 Å². The van der Waals surface area contributed by atoms with Crippen molar-refractivity contribution in [2.75, 3.05) is 6.54 Å². The van der Waals surface area contributed by atoms with Crippen molar-refractivity contribution in [3.8, 4) is 5.75 Å². The lowest BCUT2D eigenvalue weighted by atomic mass is 10.1. The van der Waals surface area contributed by atoms with Gasteiger partial charge in [-0.1, -0.05) is 12.1 Å². The van der Waals surface area contributed by atoms with Gasteiger partial charge in [0.05, 0.1) is 6.42 Å². The number of likely N-dealkylation sites (tertiary alicyclic amines) is 1. The van der Waals surface area contributed by atoms with E-state index in [0.29, 0.717) is 18.5 Å². The zero-order chi connectivity index (χ0) is 14.0. The molecule has 1 aromatic carbocycles. The van der Waals surface area contributed by atoms with E-state index in [2.05, 4.69) is 0 Å². The highest BCUT2D eigenvalue weighted by molar-refractivity contribution is 5.88. The van der Waals surface area contributed by atoms with Crippen molar-refractivity contribution in [1.29, 1.82) is 0 Å². The normalized spacial score (nSPS) is 22.5. The summed E-state index contributed by atoms with van der Waals surface area (Å²) in [7, 11) is 0. The summed E-state index contributed by atoms with van der Waals surface area (Å²) in [5, 5.41) is 18.3. The molecule has 0 aliphatic carbocycles. The van der Waals surface area contributed by atoms with Crippen LogP contribution >= 0.6 is 0 Å². The molecule has 4 N–H and O–H groups in total. The number of nitrogens with two attached hydrogens (primary N) is 1. The van der Waals surface area contributed by atoms with Crippen LogP contribution in [0.3, 0.4) is 0 Å². The van der Waals surface area contributed by atoms with Crippen molar-refractivity contribution < 1.29 is 19.8 Å². The molecule has 6 heteroatoms. The summed E-state index contributed by atoms with van der Waals surface area (Å²) in [6.07, 6.45) is 0.931. The van der Waals surface area contributed by atoms with Gasteiger partial charge in [0, 0.05) is 6.54 Å². The number of hydrogen-bond donors (Lipinski definition) is 3. The Labute approximate surface area is 110 Å². The number of phenols is 1. The van der Waals surface area contributed by atoms with Crippen molar-refractivity contribution in [3.63, 3.8) is 0 Å². The Morgan fingerprint density at radius 2 is 1.95 bits per heavy atom. The minimum atomic E-state index is -1.59. The minimum Gasteiger partial charge on any atom is -0.508 e. The van der Waals surface area contributed by atoms with Crippen LogP contribution in [0.4, 0.5) is 0 Å². The van der Waals surface area contributed by atoms with E-state index in [9.17, 15) is 9.59 Å². The number of carboxylic acids is 1. The predicted molar refractivity (Wildman–Crippen MR) is 67.3 cm³/mol. The third-order valence-electron chi connectivity index (χ3n) is 3.38. The Morgan fingerprint density at radius 1 is 1.32 bits per heavy atom. The zero-order valence-electron chi connectivity index (χ0n) is 10.4. The van der Waals surface area contributed by atoms with Crippen LogP contribution in [0.2, 0.25) is 0 Å². The maximum Gasteiger partial charge on any atom is 0.344 e. The Kier molecular flexibility index (Phi) is 3.44. The molecule has 1 unspecified atom stereocenters. The maximum absolute atomic E-state index is 12.1. The maximum atomic E-state index is 12.1. The van der Waals surface area contributed by atoms with Crippen LogP contribution in [-0.4, -0.2) is 39.2 Å². The van der Waals surface area contributed by atoms with E-state index in [1.54, 1.807) is 12.1 Å². The lowest BCUT2D eigenvalue weighted by molar-refractivity contribution is -0.156. The van der Waals surface area contributed by atoms with E-state index in [0.717, 1.165) is 0 Å². The standard InChI is InChI=1S/C13H16N2O4/c14-13(12(18)19)6-1-7-15(13)11(17)8-9-2-4-10(16)5-3-9/h2-5,16H,1,6-8,14H2,(H,18,19). The second-order valence-corrected chi connectivity index (χ2v) is 4.72. The van der Waals surface area contributed by atoms with Gasteiger partial charge in [-0.15, -0.1) is 0 Å². The lowest BCUT2D eigenvalue weighted by Crippen LogP contribution is -2.60. The number of phenolic OH excluding ortho intramolecular Hbond substituents is 1. The van der Waals surface area contributed by atoms with Crippen molar-refractivity contribution in [3.05, 3.63) is 29.8 Å². The molecule has 1 atom stereocenters. The first-order valence-corrected chi connectivity index (χ1v) is 6.04. The molecule has 2 rings (SSSR count). The number of rotatable bonds is 3. The van der Waals surface area contributed by atoms with Gasteiger partial charge in [0.2, 0.25) is 5.91 Å². The number of aliphatic carboxylic acids is 1. The zero-order valence-corrected chi connectivity index (χ0v) is 10.4. The average molecular weight is 264 g/mol. The fraction of sp³-hybridized carbons (Fsp3) is 0.385. The molecule has 1 amide bonds. The number of carbonyl (C=O) groups is 2. The topological polar surface area (TPSA) is 104 Å². The molecule has 19 heavy (non-hydrogen) atoms. The fourth-order valence-corrected chi connectivity index (χ4v) is 2.29. The molecule has 0 saturated carbocycles. The van der Waals surface area contributed by atoms with E-state index < -0.39 is 11.6 Å². The molecule has 1 fully saturated rings. The van der Waals surface area contributed by atoms with Crippen LogP contribution in [0.15, 0.2) is 24.3 Å². The number of hydrogen-bond acceptors (Lipinski definition) is 4. The third-order valence-corrected chi connectivity index (χ3v) is 3.38. The molecule has 102 valence electrons. The second kappa shape index (κ2) is 4.89.